The molecule has 0 aliphatic carbocycles. The number of pyridine rings is 1. The first-order chi connectivity index (χ1) is 14.6. The Kier molecular flexibility index (Phi) is 6.58. The average molecular weight is 462 g/mol. The summed E-state index contributed by atoms with van der Waals surface area (Å²) in [4.78, 5) is 6.68. The molecule has 0 spiro atoms. The highest BCUT2D eigenvalue weighted by atomic mass is 35.5. The molecule has 5 nitrogen and oxygen atoms in total. The van der Waals surface area contributed by atoms with E-state index in [1.807, 2.05) is 36.4 Å². The number of nitrogens with zero attached hydrogens (tertiary/aromatic N) is 2. The van der Waals surface area contributed by atoms with Crippen molar-refractivity contribution in [2.45, 2.75) is 18.5 Å². The van der Waals surface area contributed by atoms with Gasteiger partial charge in [-0.2, -0.15) is 0 Å². The molecule has 0 amide bonds. The SMILES string of the molecule is COCCCN1C(=S)NC(c2ccccn2)C1c1ccc(-c2ccc(Cl)c(Cl)c2)o1. The molecular formula is C22H21Cl2N3O2S. The van der Waals surface area contributed by atoms with Gasteiger partial charge in [0.1, 0.15) is 17.6 Å². The molecular weight excluding hydrogens is 441 g/mol. The normalized spacial score (nSPS) is 18.6. The van der Waals surface area contributed by atoms with Gasteiger partial charge in [0.05, 0.1) is 21.8 Å². The minimum atomic E-state index is -0.124. The van der Waals surface area contributed by atoms with E-state index in [-0.39, 0.29) is 12.1 Å². The maximum Gasteiger partial charge on any atom is 0.170 e. The largest absolute Gasteiger partial charge is 0.459 e. The topological polar surface area (TPSA) is 50.5 Å². The van der Waals surface area contributed by atoms with Crippen molar-refractivity contribution < 1.29 is 9.15 Å². The fourth-order valence-corrected chi connectivity index (χ4v) is 4.28. The highest BCUT2D eigenvalue weighted by molar-refractivity contribution is 7.80. The molecule has 0 bridgehead atoms. The summed E-state index contributed by atoms with van der Waals surface area (Å²) in [6.45, 7) is 1.41. The first-order valence-corrected chi connectivity index (χ1v) is 10.8. The number of nitrogens with one attached hydrogen (secondary N) is 1. The minimum Gasteiger partial charge on any atom is -0.459 e. The number of thiocarbonyl (C=S) groups is 1. The van der Waals surface area contributed by atoms with Crippen LogP contribution in [0, 0.1) is 0 Å². The predicted octanol–water partition coefficient (Wildman–Crippen LogP) is 5.66. The fourth-order valence-electron chi connectivity index (χ4n) is 3.65. The van der Waals surface area contributed by atoms with E-state index in [9.17, 15) is 0 Å². The van der Waals surface area contributed by atoms with Crippen LogP contribution in [0.5, 0.6) is 0 Å². The van der Waals surface area contributed by atoms with Gasteiger partial charge in [0.25, 0.3) is 0 Å². The number of hydrogen-bond acceptors (Lipinski definition) is 4. The molecule has 1 saturated heterocycles. The van der Waals surface area contributed by atoms with Crippen LogP contribution in [-0.2, 0) is 4.74 Å². The summed E-state index contributed by atoms with van der Waals surface area (Å²) < 4.78 is 11.5. The molecule has 3 heterocycles. The Balaban J connectivity index is 1.68. The van der Waals surface area contributed by atoms with Crippen LogP contribution in [-0.4, -0.2) is 35.3 Å². The first kappa shape index (κ1) is 21.1. The first-order valence-electron chi connectivity index (χ1n) is 9.60. The zero-order valence-corrected chi connectivity index (χ0v) is 18.7. The van der Waals surface area contributed by atoms with Crippen LogP contribution < -0.4 is 5.32 Å². The second kappa shape index (κ2) is 9.35. The lowest BCUT2D eigenvalue weighted by Crippen LogP contribution is -2.31. The number of aromatic nitrogens is 1. The van der Waals surface area contributed by atoms with E-state index in [2.05, 4.69) is 15.2 Å². The fraction of sp³-hybridized carbons (Fsp3) is 0.273. The van der Waals surface area contributed by atoms with Gasteiger partial charge in [-0.25, -0.2) is 0 Å². The van der Waals surface area contributed by atoms with Crippen molar-refractivity contribution in [3.8, 4) is 11.3 Å². The van der Waals surface area contributed by atoms with Gasteiger partial charge < -0.3 is 19.4 Å². The summed E-state index contributed by atoms with van der Waals surface area (Å²) >= 11 is 17.9. The van der Waals surface area contributed by atoms with E-state index in [1.54, 1.807) is 25.4 Å². The van der Waals surface area contributed by atoms with E-state index < -0.39 is 0 Å². The standard InChI is InChI=1S/C22H21Cl2N3O2S/c1-28-12-4-11-27-21(20(26-22(27)30)17-5-2-3-10-25-17)19-9-8-18(29-19)14-6-7-15(23)16(24)13-14/h2-3,5-10,13,20-21H,4,11-12H2,1H3,(H,26,30). The van der Waals surface area contributed by atoms with Crippen LogP contribution in [0.15, 0.2) is 59.1 Å². The molecule has 1 aliphatic rings. The number of benzene rings is 1. The van der Waals surface area contributed by atoms with Gasteiger partial charge in [-0.05, 0) is 61.1 Å². The lowest BCUT2D eigenvalue weighted by Gasteiger charge is -2.26. The summed E-state index contributed by atoms with van der Waals surface area (Å²) in [5.41, 5.74) is 1.77. The molecule has 2 aromatic heterocycles. The quantitative estimate of drug-likeness (QED) is 0.361. The Morgan fingerprint density at radius 2 is 2.03 bits per heavy atom. The number of hydrogen-bond donors (Lipinski definition) is 1. The van der Waals surface area contributed by atoms with E-state index >= 15 is 0 Å². The van der Waals surface area contributed by atoms with Crippen molar-refractivity contribution in [3.05, 3.63) is 76.2 Å². The van der Waals surface area contributed by atoms with E-state index in [0.717, 1.165) is 35.7 Å². The molecule has 2 atom stereocenters. The number of rotatable bonds is 7. The molecule has 30 heavy (non-hydrogen) atoms. The number of halogens is 2. The minimum absolute atomic E-state index is 0.117. The summed E-state index contributed by atoms with van der Waals surface area (Å²) in [7, 11) is 1.70. The second-order valence-corrected chi connectivity index (χ2v) is 8.20. The van der Waals surface area contributed by atoms with Crippen LogP contribution in [0.3, 0.4) is 0 Å². The zero-order valence-electron chi connectivity index (χ0n) is 16.3. The van der Waals surface area contributed by atoms with Gasteiger partial charge in [-0.15, -0.1) is 0 Å². The Morgan fingerprint density at radius 1 is 1.17 bits per heavy atom. The zero-order chi connectivity index (χ0) is 21.1. The van der Waals surface area contributed by atoms with Crippen molar-refractivity contribution in [3.63, 3.8) is 0 Å². The molecule has 1 aliphatic heterocycles. The Bertz CT molecular complexity index is 1030. The molecule has 3 aromatic rings. The van der Waals surface area contributed by atoms with Gasteiger partial charge in [0.2, 0.25) is 0 Å². The smallest absolute Gasteiger partial charge is 0.170 e. The molecule has 0 saturated carbocycles. The molecule has 156 valence electrons. The lowest BCUT2D eigenvalue weighted by atomic mass is 10.0. The van der Waals surface area contributed by atoms with E-state index in [1.165, 1.54) is 0 Å². The second-order valence-electron chi connectivity index (χ2n) is 7.00. The third kappa shape index (κ3) is 4.32. The van der Waals surface area contributed by atoms with Crippen molar-refractivity contribution in [1.29, 1.82) is 0 Å². The summed E-state index contributed by atoms with van der Waals surface area (Å²) in [5.74, 6) is 1.52. The van der Waals surface area contributed by atoms with Gasteiger partial charge >= 0.3 is 0 Å². The Hall–Kier alpha value is -2.12. The third-order valence-corrected chi connectivity index (χ3v) is 6.16. The highest BCUT2D eigenvalue weighted by Crippen LogP contribution is 2.40. The van der Waals surface area contributed by atoms with Gasteiger partial charge in [-0.1, -0.05) is 29.3 Å². The van der Waals surface area contributed by atoms with Crippen LogP contribution in [0.4, 0.5) is 0 Å². The summed E-state index contributed by atoms with van der Waals surface area (Å²) in [5, 5.41) is 5.10. The molecule has 2 unspecified atom stereocenters. The number of furan rings is 1. The number of ether oxygens (including phenoxy) is 1. The van der Waals surface area contributed by atoms with Crippen LogP contribution in [0.2, 0.25) is 10.0 Å². The van der Waals surface area contributed by atoms with Crippen LogP contribution in [0.1, 0.15) is 30.0 Å². The monoisotopic (exact) mass is 461 g/mol. The molecule has 1 fully saturated rings. The van der Waals surface area contributed by atoms with Gasteiger partial charge in [0.15, 0.2) is 5.11 Å². The van der Waals surface area contributed by atoms with Crippen LogP contribution >= 0.6 is 35.4 Å². The van der Waals surface area contributed by atoms with Crippen molar-refractivity contribution >= 4 is 40.5 Å². The van der Waals surface area contributed by atoms with Crippen molar-refractivity contribution in [2.75, 3.05) is 20.3 Å². The molecule has 4 rings (SSSR count). The van der Waals surface area contributed by atoms with Gasteiger partial charge in [-0.3, -0.25) is 4.98 Å². The van der Waals surface area contributed by atoms with Crippen molar-refractivity contribution in [1.82, 2.24) is 15.2 Å². The Morgan fingerprint density at radius 3 is 2.77 bits per heavy atom. The lowest BCUT2D eigenvalue weighted by molar-refractivity contribution is 0.177. The van der Waals surface area contributed by atoms with Gasteiger partial charge in [0, 0.05) is 32.0 Å². The molecule has 0 radical (unpaired) electrons. The average Bonchev–Trinajstić information content (AvgIpc) is 3.36. The molecule has 1 N–H and O–H groups in total. The maximum atomic E-state index is 6.28. The van der Waals surface area contributed by atoms with E-state index in [0.29, 0.717) is 21.8 Å². The maximum absolute atomic E-state index is 6.28. The van der Waals surface area contributed by atoms with E-state index in [4.69, 9.17) is 44.6 Å². The van der Waals surface area contributed by atoms with Crippen LogP contribution in [0.25, 0.3) is 11.3 Å². The number of methoxy groups -OCH3 is 1. The third-order valence-electron chi connectivity index (χ3n) is 5.07. The predicted molar refractivity (Wildman–Crippen MR) is 123 cm³/mol. The Labute approximate surface area is 190 Å². The molecule has 1 aromatic carbocycles. The summed E-state index contributed by atoms with van der Waals surface area (Å²) in [6, 6.07) is 15.0. The molecule has 8 heteroatoms. The summed E-state index contributed by atoms with van der Waals surface area (Å²) in [6.07, 6.45) is 2.64. The highest BCUT2D eigenvalue weighted by Gasteiger charge is 2.41. The van der Waals surface area contributed by atoms with Crippen molar-refractivity contribution in [2.24, 2.45) is 0 Å².